The molecular weight excluding hydrogens is 124 g/mol. The molecule has 1 saturated heterocycles. The fourth-order valence-corrected chi connectivity index (χ4v) is 0.366. The molecular formula is CH2O5S. The van der Waals surface area contributed by atoms with Crippen LogP contribution >= 0.6 is 0 Å². The Morgan fingerprint density at radius 3 is 1.86 bits per heavy atom. The van der Waals surface area contributed by atoms with Gasteiger partial charge in [0.05, 0.1) is 0 Å². The Labute approximate surface area is 39.5 Å². The van der Waals surface area contributed by atoms with Gasteiger partial charge in [-0.15, -0.1) is 0 Å². The average Bonchev–Trinajstić information content (AvgIpc) is 1.99. The van der Waals surface area contributed by atoms with E-state index in [1.807, 2.05) is 0 Å². The van der Waals surface area contributed by atoms with E-state index in [-0.39, 0.29) is 0 Å². The van der Waals surface area contributed by atoms with Crippen LogP contribution in [0.2, 0.25) is 0 Å². The first-order valence-electron chi connectivity index (χ1n) is 1.39. The van der Waals surface area contributed by atoms with Crippen molar-refractivity contribution in [2.45, 2.75) is 5.62 Å². The number of hydrogen-bond donors (Lipinski definition) is 1. The van der Waals surface area contributed by atoms with Gasteiger partial charge in [-0.1, -0.05) is 0 Å². The van der Waals surface area contributed by atoms with Crippen LogP contribution < -0.4 is 0 Å². The molecule has 0 aliphatic carbocycles. The molecule has 1 fully saturated rings. The van der Waals surface area contributed by atoms with E-state index in [2.05, 4.69) is 9.78 Å². The van der Waals surface area contributed by atoms with Gasteiger partial charge in [0.1, 0.15) is 0 Å². The molecule has 42 valence electrons. The third-order valence-corrected chi connectivity index (χ3v) is 1.06. The zero-order chi connectivity index (χ0) is 5.49. The summed E-state index contributed by atoms with van der Waals surface area (Å²) < 4.78 is 27.3. The Morgan fingerprint density at radius 1 is 1.43 bits per heavy atom. The largest absolute Gasteiger partial charge is 0.347 e. The Hall–Kier alpha value is -0.170. The zero-order valence-corrected chi connectivity index (χ0v) is 3.88. The van der Waals surface area contributed by atoms with Crippen LogP contribution in [0.5, 0.6) is 0 Å². The average molecular weight is 126 g/mol. The lowest BCUT2D eigenvalue weighted by atomic mass is 11.6. The van der Waals surface area contributed by atoms with Crippen molar-refractivity contribution in [1.29, 1.82) is 0 Å². The quantitative estimate of drug-likeness (QED) is 0.280. The summed E-state index contributed by atoms with van der Waals surface area (Å²) >= 11 is 0. The van der Waals surface area contributed by atoms with Crippen molar-refractivity contribution in [3.8, 4) is 0 Å². The van der Waals surface area contributed by atoms with Gasteiger partial charge in [-0.3, -0.25) is 4.55 Å². The van der Waals surface area contributed by atoms with Crippen LogP contribution in [-0.4, -0.2) is 18.6 Å². The van der Waals surface area contributed by atoms with Crippen molar-refractivity contribution >= 4 is 10.1 Å². The fraction of sp³-hybridized carbons (Fsp3) is 1.00. The molecule has 0 unspecified atom stereocenters. The minimum absolute atomic E-state index is 1.42. The third kappa shape index (κ3) is 1.10. The topological polar surface area (TPSA) is 79.4 Å². The maximum atomic E-state index is 9.70. The maximum absolute atomic E-state index is 9.70. The molecule has 0 aromatic rings. The van der Waals surface area contributed by atoms with Gasteiger partial charge in [0.25, 0.3) is 0 Å². The standard InChI is InChI=1S/CH2O5S/c2-7(3,4)1-5-6-1/h1H,(H,2,3,4). The highest BCUT2D eigenvalue weighted by molar-refractivity contribution is 7.86. The first-order valence-corrected chi connectivity index (χ1v) is 2.89. The van der Waals surface area contributed by atoms with Gasteiger partial charge in [0, 0.05) is 0 Å². The van der Waals surface area contributed by atoms with Crippen LogP contribution in [0.25, 0.3) is 0 Å². The minimum Gasteiger partial charge on any atom is -0.281 e. The van der Waals surface area contributed by atoms with E-state index >= 15 is 0 Å². The molecule has 0 saturated carbocycles. The number of rotatable bonds is 1. The van der Waals surface area contributed by atoms with Crippen molar-refractivity contribution in [3.63, 3.8) is 0 Å². The lowest BCUT2D eigenvalue weighted by Crippen LogP contribution is -2.03. The molecule has 1 aliphatic heterocycles. The van der Waals surface area contributed by atoms with Crippen LogP contribution in [0.1, 0.15) is 0 Å². The highest BCUT2D eigenvalue weighted by atomic mass is 32.2. The van der Waals surface area contributed by atoms with Gasteiger partial charge in [0.15, 0.2) is 0 Å². The molecule has 1 N–H and O–H groups in total. The SMILES string of the molecule is O=S(=O)(O)C1OO1. The van der Waals surface area contributed by atoms with E-state index in [9.17, 15) is 8.42 Å². The highest BCUT2D eigenvalue weighted by Gasteiger charge is 2.39. The minimum atomic E-state index is -4.07. The Kier molecular flexibility index (Phi) is 0.824. The van der Waals surface area contributed by atoms with E-state index in [0.29, 0.717) is 0 Å². The molecule has 1 aliphatic rings. The third-order valence-electron chi connectivity index (χ3n) is 0.418. The van der Waals surface area contributed by atoms with Crippen molar-refractivity contribution < 1.29 is 22.7 Å². The summed E-state index contributed by atoms with van der Waals surface area (Å²) in [6, 6.07) is 0. The molecule has 0 spiro atoms. The molecule has 0 aromatic carbocycles. The second-order valence-electron chi connectivity index (χ2n) is 0.996. The van der Waals surface area contributed by atoms with Gasteiger partial charge in [0.2, 0.25) is 0 Å². The molecule has 0 bridgehead atoms. The molecule has 0 radical (unpaired) electrons. The van der Waals surface area contributed by atoms with Crippen molar-refractivity contribution in [2.24, 2.45) is 0 Å². The van der Waals surface area contributed by atoms with Crippen LogP contribution in [0.3, 0.4) is 0 Å². The van der Waals surface area contributed by atoms with E-state index in [0.717, 1.165) is 0 Å². The summed E-state index contributed by atoms with van der Waals surface area (Å²) in [5.41, 5.74) is -1.42. The van der Waals surface area contributed by atoms with Crippen LogP contribution in [0.15, 0.2) is 0 Å². The lowest BCUT2D eigenvalue weighted by molar-refractivity contribution is 0.0850. The summed E-state index contributed by atoms with van der Waals surface area (Å²) in [6.45, 7) is 0. The Morgan fingerprint density at radius 2 is 1.86 bits per heavy atom. The summed E-state index contributed by atoms with van der Waals surface area (Å²) in [5.74, 6) is 0. The van der Waals surface area contributed by atoms with Gasteiger partial charge in [-0.05, 0) is 0 Å². The normalized spacial score (nSPS) is 22.4. The summed E-state index contributed by atoms with van der Waals surface area (Å²) in [7, 11) is -4.07. The van der Waals surface area contributed by atoms with Crippen molar-refractivity contribution in [1.82, 2.24) is 0 Å². The van der Waals surface area contributed by atoms with Gasteiger partial charge in [-0.2, -0.15) is 18.2 Å². The van der Waals surface area contributed by atoms with E-state index in [4.69, 9.17) is 4.55 Å². The van der Waals surface area contributed by atoms with Crippen LogP contribution in [0, 0.1) is 0 Å². The van der Waals surface area contributed by atoms with Gasteiger partial charge >= 0.3 is 15.7 Å². The summed E-state index contributed by atoms with van der Waals surface area (Å²) in [6.07, 6.45) is 0. The number of hydrogen-bond acceptors (Lipinski definition) is 4. The van der Waals surface area contributed by atoms with Crippen molar-refractivity contribution in [3.05, 3.63) is 0 Å². The molecule has 0 amide bonds. The fourth-order valence-electron chi connectivity index (χ4n) is 0.122. The second kappa shape index (κ2) is 1.16. The van der Waals surface area contributed by atoms with E-state index < -0.39 is 15.7 Å². The first-order chi connectivity index (χ1) is 3.11. The molecule has 6 heteroatoms. The molecule has 7 heavy (non-hydrogen) atoms. The molecule has 0 atom stereocenters. The summed E-state index contributed by atoms with van der Waals surface area (Å²) in [5, 5.41) is 0. The molecule has 1 heterocycles. The predicted molar refractivity (Wildman–Crippen MR) is 17.5 cm³/mol. The zero-order valence-electron chi connectivity index (χ0n) is 3.07. The molecule has 5 nitrogen and oxygen atoms in total. The monoisotopic (exact) mass is 126 g/mol. The molecule has 1 rings (SSSR count). The van der Waals surface area contributed by atoms with Crippen LogP contribution in [-0.2, 0) is 19.9 Å². The Balaban J connectivity index is 2.71. The smallest absolute Gasteiger partial charge is 0.281 e. The highest BCUT2D eigenvalue weighted by Crippen LogP contribution is 2.16. The second-order valence-corrected chi connectivity index (χ2v) is 2.41. The lowest BCUT2D eigenvalue weighted by Gasteiger charge is -1.75. The van der Waals surface area contributed by atoms with Gasteiger partial charge in [-0.25, -0.2) is 0 Å². The Bertz CT molecular complexity index is 151. The summed E-state index contributed by atoms with van der Waals surface area (Å²) in [4.78, 5) is 7.47. The van der Waals surface area contributed by atoms with Crippen LogP contribution in [0.4, 0.5) is 0 Å². The predicted octanol–water partition coefficient (Wildman–Crippen LogP) is -0.880. The van der Waals surface area contributed by atoms with Gasteiger partial charge < -0.3 is 0 Å². The van der Waals surface area contributed by atoms with E-state index in [1.165, 1.54) is 0 Å². The van der Waals surface area contributed by atoms with E-state index in [1.54, 1.807) is 0 Å². The molecule has 0 aromatic heterocycles. The maximum Gasteiger partial charge on any atom is 0.347 e. The first kappa shape index (κ1) is 4.98. The van der Waals surface area contributed by atoms with Crippen molar-refractivity contribution in [2.75, 3.05) is 0 Å².